The number of anilines is 1. The second kappa shape index (κ2) is 7.20. The van der Waals surface area contributed by atoms with Crippen LogP contribution in [0.1, 0.15) is 13.8 Å². The van der Waals surface area contributed by atoms with Crippen LogP contribution in [0, 0.1) is 5.92 Å². The monoisotopic (exact) mass is 335 g/mol. The molecule has 1 saturated heterocycles. The molecule has 0 spiro atoms. The summed E-state index contributed by atoms with van der Waals surface area (Å²) in [5.41, 5.74) is 0.427. The van der Waals surface area contributed by atoms with E-state index < -0.39 is 23.9 Å². The van der Waals surface area contributed by atoms with E-state index in [9.17, 15) is 14.4 Å². The van der Waals surface area contributed by atoms with Gasteiger partial charge in [-0.3, -0.25) is 14.5 Å². The first-order valence-electron chi connectivity index (χ1n) is 7.51. The van der Waals surface area contributed by atoms with Crippen molar-refractivity contribution in [1.29, 1.82) is 0 Å². The van der Waals surface area contributed by atoms with Crippen LogP contribution < -0.4 is 20.1 Å². The Bertz CT molecular complexity index is 659. The standard InChI is InChI=1S/C16H21N3O5/c1-9(2)14-15(21)19(16(22)18-14)8-13(20)17-11-6-5-10(23-3)7-12(11)24-4/h5-7,9,14H,8H2,1-4H3,(H,17,20)(H,18,22)/t14-/m1/s1. The van der Waals surface area contributed by atoms with Gasteiger partial charge in [0.15, 0.2) is 0 Å². The van der Waals surface area contributed by atoms with Gasteiger partial charge in [0.2, 0.25) is 5.91 Å². The van der Waals surface area contributed by atoms with Gasteiger partial charge in [-0.15, -0.1) is 0 Å². The zero-order valence-electron chi connectivity index (χ0n) is 14.1. The normalized spacial score (nSPS) is 17.0. The molecule has 4 amide bonds. The Kier molecular flexibility index (Phi) is 5.28. The van der Waals surface area contributed by atoms with Gasteiger partial charge < -0.3 is 20.1 Å². The highest BCUT2D eigenvalue weighted by atomic mass is 16.5. The van der Waals surface area contributed by atoms with Crippen LogP contribution in [-0.2, 0) is 9.59 Å². The van der Waals surface area contributed by atoms with Crippen LogP contribution >= 0.6 is 0 Å². The molecular weight excluding hydrogens is 314 g/mol. The molecule has 0 bridgehead atoms. The van der Waals surface area contributed by atoms with E-state index in [1.54, 1.807) is 18.2 Å². The number of carbonyl (C=O) groups excluding carboxylic acids is 3. The predicted molar refractivity (Wildman–Crippen MR) is 87.0 cm³/mol. The number of benzene rings is 1. The predicted octanol–water partition coefficient (Wildman–Crippen LogP) is 1.22. The molecule has 2 rings (SSSR count). The molecule has 1 aliphatic heterocycles. The SMILES string of the molecule is COc1ccc(NC(=O)CN2C(=O)N[C@H](C(C)C)C2=O)c(OC)c1. The van der Waals surface area contributed by atoms with Gasteiger partial charge in [-0.2, -0.15) is 0 Å². The summed E-state index contributed by atoms with van der Waals surface area (Å²) >= 11 is 0. The fourth-order valence-electron chi connectivity index (χ4n) is 2.38. The molecule has 0 aliphatic carbocycles. The van der Waals surface area contributed by atoms with Crippen LogP contribution in [0.3, 0.4) is 0 Å². The number of imide groups is 1. The Morgan fingerprint density at radius 3 is 2.54 bits per heavy atom. The van der Waals surface area contributed by atoms with Gasteiger partial charge in [-0.1, -0.05) is 13.8 Å². The van der Waals surface area contributed by atoms with Crippen molar-refractivity contribution >= 4 is 23.5 Å². The van der Waals surface area contributed by atoms with Crippen LogP contribution in [0.25, 0.3) is 0 Å². The molecule has 0 unspecified atom stereocenters. The van der Waals surface area contributed by atoms with Gasteiger partial charge >= 0.3 is 6.03 Å². The maximum absolute atomic E-state index is 12.2. The summed E-state index contributed by atoms with van der Waals surface area (Å²) in [6, 6.07) is 3.76. The zero-order chi connectivity index (χ0) is 17.9. The van der Waals surface area contributed by atoms with E-state index in [2.05, 4.69) is 10.6 Å². The first kappa shape index (κ1) is 17.6. The highest BCUT2D eigenvalue weighted by Gasteiger charge is 2.40. The minimum Gasteiger partial charge on any atom is -0.497 e. The molecule has 0 saturated carbocycles. The number of carbonyl (C=O) groups is 3. The second-order valence-corrected chi connectivity index (χ2v) is 5.71. The third-order valence-corrected chi connectivity index (χ3v) is 3.71. The quantitative estimate of drug-likeness (QED) is 0.762. The number of amides is 4. The molecule has 1 aromatic rings. The fourth-order valence-corrected chi connectivity index (χ4v) is 2.38. The van der Waals surface area contributed by atoms with Gasteiger partial charge in [0.25, 0.3) is 5.91 Å². The molecule has 1 atom stereocenters. The lowest BCUT2D eigenvalue weighted by atomic mass is 10.1. The summed E-state index contributed by atoms with van der Waals surface area (Å²) in [4.78, 5) is 37.1. The Labute approximate surface area is 140 Å². The van der Waals surface area contributed by atoms with Crippen LogP contribution in [-0.4, -0.2) is 49.6 Å². The lowest BCUT2D eigenvalue weighted by Gasteiger charge is -2.15. The summed E-state index contributed by atoms with van der Waals surface area (Å²) < 4.78 is 10.3. The average molecular weight is 335 g/mol. The number of ether oxygens (including phenoxy) is 2. The van der Waals surface area contributed by atoms with Gasteiger partial charge in [0.05, 0.1) is 19.9 Å². The van der Waals surface area contributed by atoms with Crippen molar-refractivity contribution in [3.63, 3.8) is 0 Å². The Morgan fingerprint density at radius 2 is 2.00 bits per heavy atom. The molecule has 1 aromatic carbocycles. The lowest BCUT2D eigenvalue weighted by Crippen LogP contribution is -2.39. The van der Waals surface area contributed by atoms with Crippen molar-refractivity contribution in [3.05, 3.63) is 18.2 Å². The minimum absolute atomic E-state index is 0.0452. The van der Waals surface area contributed by atoms with Crippen molar-refractivity contribution in [2.24, 2.45) is 5.92 Å². The van der Waals surface area contributed by atoms with E-state index in [0.717, 1.165) is 4.90 Å². The molecule has 1 heterocycles. The maximum Gasteiger partial charge on any atom is 0.325 e. The van der Waals surface area contributed by atoms with Crippen LogP contribution in [0.2, 0.25) is 0 Å². The third-order valence-electron chi connectivity index (χ3n) is 3.71. The van der Waals surface area contributed by atoms with Crippen molar-refractivity contribution < 1.29 is 23.9 Å². The van der Waals surface area contributed by atoms with E-state index in [1.807, 2.05) is 13.8 Å². The Hall–Kier alpha value is -2.77. The van der Waals surface area contributed by atoms with Gasteiger partial charge in [0.1, 0.15) is 24.1 Å². The molecule has 1 aliphatic rings. The number of urea groups is 1. The van der Waals surface area contributed by atoms with Gasteiger partial charge in [0, 0.05) is 6.07 Å². The van der Waals surface area contributed by atoms with E-state index >= 15 is 0 Å². The highest BCUT2D eigenvalue weighted by Crippen LogP contribution is 2.29. The maximum atomic E-state index is 12.2. The molecule has 8 heteroatoms. The zero-order valence-corrected chi connectivity index (χ0v) is 14.1. The van der Waals surface area contributed by atoms with Crippen LogP contribution in [0.4, 0.5) is 10.5 Å². The van der Waals surface area contributed by atoms with E-state index in [0.29, 0.717) is 17.2 Å². The third kappa shape index (κ3) is 3.58. The first-order chi connectivity index (χ1) is 11.4. The van der Waals surface area contributed by atoms with Crippen molar-refractivity contribution in [2.45, 2.75) is 19.9 Å². The van der Waals surface area contributed by atoms with Crippen LogP contribution in [0.15, 0.2) is 18.2 Å². The van der Waals surface area contributed by atoms with Gasteiger partial charge in [-0.05, 0) is 18.1 Å². The topological polar surface area (TPSA) is 97.0 Å². The molecule has 2 N–H and O–H groups in total. The summed E-state index contributed by atoms with van der Waals surface area (Å²) in [5, 5.41) is 5.21. The highest BCUT2D eigenvalue weighted by molar-refractivity contribution is 6.08. The number of hydrogen-bond donors (Lipinski definition) is 2. The minimum atomic E-state index is -0.596. The van der Waals surface area contributed by atoms with Gasteiger partial charge in [-0.25, -0.2) is 4.79 Å². The van der Waals surface area contributed by atoms with E-state index in [4.69, 9.17) is 9.47 Å². The number of nitrogens with one attached hydrogen (secondary N) is 2. The fraction of sp³-hybridized carbons (Fsp3) is 0.438. The van der Waals surface area contributed by atoms with Crippen molar-refractivity contribution in [3.8, 4) is 11.5 Å². The summed E-state index contributed by atoms with van der Waals surface area (Å²) in [7, 11) is 2.99. The molecule has 130 valence electrons. The van der Waals surface area contributed by atoms with E-state index in [1.165, 1.54) is 14.2 Å². The number of methoxy groups -OCH3 is 2. The second-order valence-electron chi connectivity index (χ2n) is 5.71. The van der Waals surface area contributed by atoms with E-state index in [-0.39, 0.29) is 12.5 Å². The lowest BCUT2D eigenvalue weighted by molar-refractivity contribution is -0.131. The number of hydrogen-bond acceptors (Lipinski definition) is 5. The largest absolute Gasteiger partial charge is 0.497 e. The molecule has 0 aromatic heterocycles. The number of nitrogens with zero attached hydrogens (tertiary/aromatic N) is 1. The summed E-state index contributed by atoms with van der Waals surface area (Å²) in [6.45, 7) is 3.30. The van der Waals surface area contributed by atoms with Crippen molar-refractivity contribution in [2.75, 3.05) is 26.1 Å². The van der Waals surface area contributed by atoms with Crippen LogP contribution in [0.5, 0.6) is 11.5 Å². The molecular formula is C16H21N3O5. The van der Waals surface area contributed by atoms with Crippen molar-refractivity contribution in [1.82, 2.24) is 10.2 Å². The summed E-state index contributed by atoms with van der Waals surface area (Å²) in [5.74, 6) is 0.0630. The Morgan fingerprint density at radius 1 is 1.29 bits per heavy atom. The molecule has 24 heavy (non-hydrogen) atoms. The molecule has 0 radical (unpaired) electrons. The molecule has 8 nitrogen and oxygen atoms in total. The average Bonchev–Trinajstić information content (AvgIpc) is 2.83. The molecule has 1 fully saturated rings. The smallest absolute Gasteiger partial charge is 0.325 e. The first-order valence-corrected chi connectivity index (χ1v) is 7.51. The number of rotatable bonds is 6. The Balaban J connectivity index is 2.06. The summed E-state index contributed by atoms with van der Waals surface area (Å²) in [6.07, 6.45) is 0.